The van der Waals surface area contributed by atoms with E-state index in [4.69, 9.17) is 0 Å². The molecule has 0 unspecified atom stereocenters. The molecular formula is C12H14NO3-. The first-order valence-electron chi connectivity index (χ1n) is 5.06. The van der Waals surface area contributed by atoms with Crippen LogP contribution in [-0.4, -0.2) is 11.9 Å². The van der Waals surface area contributed by atoms with Crippen molar-refractivity contribution < 1.29 is 14.7 Å². The molecular weight excluding hydrogens is 206 g/mol. The lowest BCUT2D eigenvalue weighted by molar-refractivity contribution is -0.305. The van der Waals surface area contributed by atoms with Gasteiger partial charge in [-0.1, -0.05) is 18.2 Å². The van der Waals surface area contributed by atoms with E-state index in [1.54, 1.807) is 0 Å². The number of rotatable bonds is 4. The molecule has 4 heteroatoms. The van der Waals surface area contributed by atoms with Crippen LogP contribution in [0.2, 0.25) is 0 Å². The molecule has 0 heterocycles. The normalized spacial score (nSPS) is 9.88. The minimum atomic E-state index is -1.21. The molecule has 1 aromatic rings. The summed E-state index contributed by atoms with van der Waals surface area (Å²) in [5, 5.41) is 12.9. The van der Waals surface area contributed by atoms with Crippen molar-refractivity contribution in [2.75, 3.05) is 5.32 Å². The molecule has 86 valence electrons. The van der Waals surface area contributed by atoms with Crippen LogP contribution in [0, 0.1) is 13.8 Å². The Morgan fingerprint density at radius 2 is 1.75 bits per heavy atom. The quantitative estimate of drug-likeness (QED) is 0.814. The molecule has 0 bridgehead atoms. The largest absolute Gasteiger partial charge is 0.550 e. The van der Waals surface area contributed by atoms with Crippen LogP contribution in [0.25, 0.3) is 0 Å². The maximum atomic E-state index is 11.4. The minimum Gasteiger partial charge on any atom is -0.550 e. The van der Waals surface area contributed by atoms with Gasteiger partial charge in [-0.3, -0.25) is 4.79 Å². The van der Waals surface area contributed by atoms with Gasteiger partial charge < -0.3 is 15.2 Å². The lowest BCUT2D eigenvalue weighted by Crippen LogP contribution is -2.24. The summed E-state index contributed by atoms with van der Waals surface area (Å²) in [6.07, 6.45) is -0.313. The van der Waals surface area contributed by atoms with E-state index in [1.165, 1.54) is 0 Å². The molecule has 1 rings (SSSR count). The molecule has 0 aliphatic rings. The first kappa shape index (κ1) is 12.2. The van der Waals surface area contributed by atoms with Crippen molar-refractivity contribution in [2.24, 2.45) is 0 Å². The summed E-state index contributed by atoms with van der Waals surface area (Å²) in [7, 11) is 0. The Morgan fingerprint density at radius 1 is 1.19 bits per heavy atom. The topological polar surface area (TPSA) is 69.2 Å². The van der Waals surface area contributed by atoms with Crippen LogP contribution in [0.4, 0.5) is 5.69 Å². The Kier molecular flexibility index (Phi) is 4.05. The van der Waals surface area contributed by atoms with Crippen LogP contribution in [0.5, 0.6) is 0 Å². The van der Waals surface area contributed by atoms with Gasteiger partial charge in [0.1, 0.15) is 0 Å². The first-order chi connectivity index (χ1) is 7.50. The van der Waals surface area contributed by atoms with E-state index in [0.717, 1.165) is 16.8 Å². The van der Waals surface area contributed by atoms with Crippen LogP contribution >= 0.6 is 0 Å². The number of carboxylic acids is 1. The summed E-state index contributed by atoms with van der Waals surface area (Å²) in [6.45, 7) is 3.78. The second-order valence-electron chi connectivity index (χ2n) is 3.69. The summed E-state index contributed by atoms with van der Waals surface area (Å²) < 4.78 is 0. The number of carbonyl (C=O) groups is 2. The summed E-state index contributed by atoms with van der Waals surface area (Å²) in [6, 6.07) is 5.68. The van der Waals surface area contributed by atoms with Gasteiger partial charge in [0.15, 0.2) is 0 Å². The Morgan fingerprint density at radius 3 is 2.25 bits per heavy atom. The van der Waals surface area contributed by atoms with Crippen LogP contribution < -0.4 is 10.4 Å². The standard InChI is InChI=1S/C12H15NO3/c1-8-4-3-5-9(2)12(8)13-10(14)6-7-11(15)16/h3-5H,6-7H2,1-2H3,(H,13,14)(H,15,16)/p-1. The van der Waals surface area contributed by atoms with Crippen molar-refractivity contribution in [1.82, 2.24) is 0 Å². The average Bonchev–Trinajstić information content (AvgIpc) is 2.21. The molecule has 4 nitrogen and oxygen atoms in total. The summed E-state index contributed by atoms with van der Waals surface area (Å²) in [5.41, 5.74) is 2.68. The molecule has 0 radical (unpaired) electrons. The highest BCUT2D eigenvalue weighted by Gasteiger charge is 2.06. The lowest BCUT2D eigenvalue weighted by Gasteiger charge is -2.11. The highest BCUT2D eigenvalue weighted by molar-refractivity contribution is 5.93. The van der Waals surface area contributed by atoms with Gasteiger partial charge in [-0.25, -0.2) is 0 Å². The number of benzene rings is 1. The molecule has 0 aliphatic carbocycles. The van der Waals surface area contributed by atoms with E-state index in [1.807, 2.05) is 32.0 Å². The summed E-state index contributed by atoms with van der Waals surface area (Å²) in [5.74, 6) is -1.52. The zero-order chi connectivity index (χ0) is 12.1. The van der Waals surface area contributed by atoms with Gasteiger partial charge in [0.2, 0.25) is 5.91 Å². The zero-order valence-electron chi connectivity index (χ0n) is 9.37. The summed E-state index contributed by atoms with van der Waals surface area (Å²) in [4.78, 5) is 21.6. The Hall–Kier alpha value is -1.84. The number of nitrogens with one attached hydrogen (secondary N) is 1. The molecule has 1 N–H and O–H groups in total. The van der Waals surface area contributed by atoms with Crippen molar-refractivity contribution in [1.29, 1.82) is 0 Å². The van der Waals surface area contributed by atoms with Gasteiger partial charge in [-0.2, -0.15) is 0 Å². The molecule has 0 spiro atoms. The predicted octanol–water partition coefficient (Wildman–Crippen LogP) is 0.772. The molecule has 0 atom stereocenters. The Bertz CT molecular complexity index is 392. The maximum absolute atomic E-state index is 11.4. The number of hydrogen-bond donors (Lipinski definition) is 1. The Labute approximate surface area is 94.3 Å². The maximum Gasteiger partial charge on any atom is 0.224 e. The van der Waals surface area contributed by atoms with Crippen molar-refractivity contribution >= 4 is 17.6 Å². The van der Waals surface area contributed by atoms with E-state index in [0.29, 0.717) is 0 Å². The third-order valence-corrected chi connectivity index (χ3v) is 2.30. The van der Waals surface area contributed by atoms with Crippen LogP contribution in [0.1, 0.15) is 24.0 Å². The van der Waals surface area contributed by atoms with Crippen LogP contribution in [0.15, 0.2) is 18.2 Å². The molecule has 16 heavy (non-hydrogen) atoms. The lowest BCUT2D eigenvalue weighted by atomic mass is 10.1. The predicted molar refractivity (Wildman–Crippen MR) is 58.8 cm³/mol. The zero-order valence-corrected chi connectivity index (χ0v) is 9.37. The average molecular weight is 220 g/mol. The van der Waals surface area contributed by atoms with E-state index < -0.39 is 5.97 Å². The second-order valence-corrected chi connectivity index (χ2v) is 3.69. The second kappa shape index (κ2) is 5.30. The highest BCUT2D eigenvalue weighted by atomic mass is 16.4. The molecule has 0 aromatic heterocycles. The molecule has 0 fully saturated rings. The fraction of sp³-hybridized carbons (Fsp3) is 0.333. The van der Waals surface area contributed by atoms with E-state index in [2.05, 4.69) is 5.32 Å². The molecule has 1 aromatic carbocycles. The molecule has 0 saturated carbocycles. The van der Waals surface area contributed by atoms with Gasteiger partial charge in [0, 0.05) is 18.1 Å². The van der Waals surface area contributed by atoms with Crippen molar-refractivity contribution in [3.8, 4) is 0 Å². The van der Waals surface area contributed by atoms with Gasteiger partial charge in [-0.15, -0.1) is 0 Å². The van der Waals surface area contributed by atoms with Crippen molar-refractivity contribution in [3.63, 3.8) is 0 Å². The molecule has 0 saturated heterocycles. The van der Waals surface area contributed by atoms with Gasteiger partial charge in [0.05, 0.1) is 0 Å². The smallest absolute Gasteiger partial charge is 0.224 e. The van der Waals surface area contributed by atoms with Crippen LogP contribution in [0.3, 0.4) is 0 Å². The van der Waals surface area contributed by atoms with Crippen molar-refractivity contribution in [3.05, 3.63) is 29.3 Å². The number of carbonyl (C=O) groups excluding carboxylic acids is 2. The van der Waals surface area contributed by atoms with Gasteiger partial charge >= 0.3 is 0 Å². The fourth-order valence-corrected chi connectivity index (χ4v) is 1.43. The Balaban J connectivity index is 2.66. The number of amides is 1. The first-order valence-corrected chi connectivity index (χ1v) is 5.06. The van der Waals surface area contributed by atoms with E-state index >= 15 is 0 Å². The van der Waals surface area contributed by atoms with Crippen molar-refractivity contribution in [2.45, 2.75) is 26.7 Å². The SMILES string of the molecule is Cc1cccc(C)c1NC(=O)CCC(=O)[O-]. The number of hydrogen-bond acceptors (Lipinski definition) is 3. The van der Waals surface area contributed by atoms with E-state index in [9.17, 15) is 14.7 Å². The third kappa shape index (κ3) is 3.38. The van der Waals surface area contributed by atoms with Gasteiger partial charge in [-0.05, 0) is 31.4 Å². The number of para-hydroxylation sites is 1. The van der Waals surface area contributed by atoms with E-state index in [-0.39, 0.29) is 18.7 Å². The highest BCUT2D eigenvalue weighted by Crippen LogP contribution is 2.19. The third-order valence-electron chi connectivity index (χ3n) is 2.30. The van der Waals surface area contributed by atoms with Crippen LogP contribution in [-0.2, 0) is 9.59 Å². The summed E-state index contributed by atoms with van der Waals surface area (Å²) >= 11 is 0. The number of carboxylic acid groups (broad SMARTS) is 1. The molecule has 1 amide bonds. The number of aliphatic carboxylic acids is 1. The van der Waals surface area contributed by atoms with Gasteiger partial charge in [0.25, 0.3) is 0 Å². The monoisotopic (exact) mass is 220 g/mol. The molecule has 0 aliphatic heterocycles. The number of aryl methyl sites for hydroxylation is 2. The fourth-order valence-electron chi connectivity index (χ4n) is 1.43. The minimum absolute atomic E-state index is 0.0594. The number of anilines is 1.